The molecule has 0 saturated carbocycles. The van der Waals surface area contributed by atoms with Crippen LogP contribution in [-0.4, -0.2) is 0 Å². The molecule has 3 heterocycles. The molecule has 41 heavy (non-hydrogen) atoms. The summed E-state index contributed by atoms with van der Waals surface area (Å²) >= 11 is 3.70. The van der Waals surface area contributed by atoms with Crippen LogP contribution < -0.4 is 10.6 Å². The van der Waals surface area contributed by atoms with Gasteiger partial charge in [0.2, 0.25) is 0 Å². The fourth-order valence-electron chi connectivity index (χ4n) is 6.10. The molecule has 0 radical (unpaired) electrons. The first-order valence-corrected chi connectivity index (χ1v) is 15.4. The minimum absolute atomic E-state index is 0.540. The number of thiophene rings is 2. The average molecular weight is 563 g/mol. The standard InChI is InChI=1S/C37H26N2S2/c1-23-8-4-5-19-39(31-12-3-2-10-27(23)31)26-16-18-33-30(21-26)37-28(11-7-14-35(37)41-33)24-15-17-32-29(20-24)36-25(22-38)9-6-13-34(36)40-32/h2-21H,1,22,38H2/b8-4-,19-5-. The van der Waals surface area contributed by atoms with E-state index in [1.807, 2.05) is 22.7 Å². The van der Waals surface area contributed by atoms with Crippen molar-refractivity contribution >= 4 is 80.0 Å². The Hall–Kier alpha value is -4.48. The number of nitrogens with zero attached hydrogens (tertiary/aromatic N) is 1. The Bertz CT molecular complexity index is 2230. The second kappa shape index (κ2) is 9.57. The smallest absolute Gasteiger partial charge is 0.0533 e. The van der Waals surface area contributed by atoms with E-state index < -0.39 is 0 Å². The molecule has 196 valence electrons. The van der Waals surface area contributed by atoms with Gasteiger partial charge < -0.3 is 10.6 Å². The van der Waals surface area contributed by atoms with Crippen LogP contribution in [-0.2, 0) is 6.54 Å². The molecule has 4 heteroatoms. The van der Waals surface area contributed by atoms with Crippen LogP contribution in [0.15, 0.2) is 128 Å². The summed E-state index contributed by atoms with van der Waals surface area (Å²) in [5.41, 5.74) is 14.3. The van der Waals surface area contributed by atoms with E-state index in [1.54, 1.807) is 0 Å². The molecule has 0 aliphatic carbocycles. The van der Waals surface area contributed by atoms with Crippen LogP contribution in [0.25, 0.3) is 57.0 Å². The summed E-state index contributed by atoms with van der Waals surface area (Å²) in [6.07, 6.45) is 8.35. The van der Waals surface area contributed by atoms with Crippen molar-refractivity contribution in [1.82, 2.24) is 0 Å². The van der Waals surface area contributed by atoms with Crippen LogP contribution in [0.4, 0.5) is 11.4 Å². The van der Waals surface area contributed by atoms with Crippen LogP contribution in [0.1, 0.15) is 11.1 Å². The maximum atomic E-state index is 6.16. The fraction of sp³-hybridized carbons (Fsp3) is 0.0270. The first kappa shape index (κ1) is 24.3. The van der Waals surface area contributed by atoms with Gasteiger partial charge in [0.1, 0.15) is 0 Å². The maximum absolute atomic E-state index is 6.16. The Morgan fingerprint density at radius 3 is 2.24 bits per heavy atom. The Labute approximate surface area is 246 Å². The average Bonchev–Trinajstić information content (AvgIpc) is 3.57. The summed E-state index contributed by atoms with van der Waals surface area (Å²) in [6, 6.07) is 35.4. The van der Waals surface area contributed by atoms with Crippen molar-refractivity contribution in [2.45, 2.75) is 6.54 Å². The van der Waals surface area contributed by atoms with Crippen molar-refractivity contribution in [3.05, 3.63) is 139 Å². The number of benzene rings is 5. The lowest BCUT2D eigenvalue weighted by Crippen LogP contribution is -2.11. The number of hydrogen-bond donors (Lipinski definition) is 1. The largest absolute Gasteiger partial charge is 0.326 e. The van der Waals surface area contributed by atoms with E-state index in [2.05, 4.69) is 133 Å². The van der Waals surface area contributed by atoms with Gasteiger partial charge in [0.05, 0.1) is 5.69 Å². The molecule has 2 N–H and O–H groups in total. The molecule has 7 aromatic rings. The number of allylic oxidation sites excluding steroid dienone is 4. The molecular weight excluding hydrogens is 537 g/mol. The van der Waals surface area contributed by atoms with Crippen LogP contribution >= 0.6 is 22.7 Å². The molecule has 2 aromatic heterocycles. The Kier molecular flexibility index (Phi) is 5.68. The van der Waals surface area contributed by atoms with Crippen molar-refractivity contribution in [1.29, 1.82) is 0 Å². The topological polar surface area (TPSA) is 29.3 Å². The van der Waals surface area contributed by atoms with Crippen molar-refractivity contribution < 1.29 is 0 Å². The number of hydrogen-bond acceptors (Lipinski definition) is 4. The molecule has 0 saturated heterocycles. The third kappa shape index (κ3) is 3.87. The van der Waals surface area contributed by atoms with Crippen LogP contribution in [0, 0.1) is 0 Å². The van der Waals surface area contributed by atoms with Crippen molar-refractivity contribution in [3.8, 4) is 11.1 Å². The highest BCUT2D eigenvalue weighted by Crippen LogP contribution is 2.45. The van der Waals surface area contributed by atoms with E-state index in [4.69, 9.17) is 5.73 Å². The number of fused-ring (bicyclic) bond motifs is 7. The molecule has 2 nitrogen and oxygen atoms in total. The summed E-state index contributed by atoms with van der Waals surface area (Å²) in [4.78, 5) is 2.27. The highest BCUT2D eigenvalue weighted by atomic mass is 32.1. The lowest BCUT2D eigenvalue weighted by atomic mass is 9.97. The van der Waals surface area contributed by atoms with Gasteiger partial charge in [-0.1, -0.05) is 67.3 Å². The quantitative estimate of drug-likeness (QED) is 0.232. The molecule has 0 bridgehead atoms. The highest BCUT2D eigenvalue weighted by molar-refractivity contribution is 7.26. The fourth-order valence-corrected chi connectivity index (χ4v) is 8.35. The summed E-state index contributed by atoms with van der Waals surface area (Å²) in [7, 11) is 0. The summed E-state index contributed by atoms with van der Waals surface area (Å²) in [5.74, 6) is 0. The minimum atomic E-state index is 0.540. The Morgan fingerprint density at radius 1 is 0.659 bits per heavy atom. The van der Waals surface area contributed by atoms with Gasteiger partial charge in [-0.15, -0.1) is 22.7 Å². The van der Waals surface area contributed by atoms with Crippen molar-refractivity contribution in [2.75, 3.05) is 4.90 Å². The minimum Gasteiger partial charge on any atom is -0.326 e. The molecule has 0 unspecified atom stereocenters. The van der Waals surface area contributed by atoms with Crippen LogP contribution in [0.2, 0.25) is 0 Å². The van der Waals surface area contributed by atoms with Crippen molar-refractivity contribution in [3.63, 3.8) is 0 Å². The lowest BCUT2D eigenvalue weighted by molar-refractivity contribution is 1.09. The molecule has 1 aliphatic heterocycles. The number of anilines is 2. The van der Waals surface area contributed by atoms with Gasteiger partial charge in [-0.3, -0.25) is 0 Å². The molecule has 0 fully saturated rings. The first-order chi connectivity index (χ1) is 20.2. The van der Waals surface area contributed by atoms with Crippen LogP contribution in [0.5, 0.6) is 0 Å². The summed E-state index contributed by atoms with van der Waals surface area (Å²) in [6.45, 7) is 4.85. The zero-order chi connectivity index (χ0) is 27.5. The third-order valence-electron chi connectivity index (χ3n) is 8.02. The Morgan fingerprint density at radius 2 is 1.39 bits per heavy atom. The van der Waals surface area contributed by atoms with E-state index in [-0.39, 0.29) is 0 Å². The number of nitrogens with two attached hydrogens (primary N) is 1. The van der Waals surface area contributed by atoms with E-state index in [9.17, 15) is 0 Å². The van der Waals surface area contributed by atoms with E-state index in [0.717, 1.165) is 22.5 Å². The second-order valence-corrected chi connectivity index (χ2v) is 12.5. The monoisotopic (exact) mass is 562 g/mol. The third-order valence-corrected chi connectivity index (χ3v) is 10.3. The van der Waals surface area contributed by atoms with Gasteiger partial charge in [0.15, 0.2) is 0 Å². The van der Waals surface area contributed by atoms with Gasteiger partial charge in [0.25, 0.3) is 0 Å². The summed E-state index contributed by atoms with van der Waals surface area (Å²) < 4.78 is 5.18. The molecule has 5 aromatic carbocycles. The SMILES string of the molecule is C=C1/C=C\C=C/N(c2ccc3sc4cccc(-c5ccc6sc7cccc(CN)c7c6c5)c4c3c2)c2ccccc21. The Balaban J connectivity index is 1.35. The number of rotatable bonds is 3. The van der Waals surface area contributed by atoms with Gasteiger partial charge in [-0.2, -0.15) is 0 Å². The van der Waals surface area contributed by atoms with Gasteiger partial charge in [-0.05, 0) is 76.9 Å². The van der Waals surface area contributed by atoms with E-state index in [1.165, 1.54) is 57.0 Å². The molecule has 8 rings (SSSR count). The predicted molar refractivity (Wildman–Crippen MR) is 181 cm³/mol. The normalized spacial score (nSPS) is 15.0. The first-order valence-electron chi connectivity index (χ1n) is 13.7. The lowest BCUT2D eigenvalue weighted by Gasteiger charge is -2.25. The van der Waals surface area contributed by atoms with Crippen LogP contribution in [0.3, 0.4) is 0 Å². The predicted octanol–water partition coefficient (Wildman–Crippen LogP) is 10.8. The maximum Gasteiger partial charge on any atom is 0.0533 e. The zero-order valence-corrected chi connectivity index (χ0v) is 23.9. The van der Waals surface area contributed by atoms with Gasteiger partial charge >= 0.3 is 0 Å². The zero-order valence-electron chi connectivity index (χ0n) is 22.3. The molecule has 0 atom stereocenters. The summed E-state index contributed by atoms with van der Waals surface area (Å²) in [5, 5.41) is 5.16. The molecule has 0 amide bonds. The number of para-hydroxylation sites is 1. The van der Waals surface area contributed by atoms with E-state index >= 15 is 0 Å². The molecular formula is C37H26N2S2. The van der Waals surface area contributed by atoms with Crippen molar-refractivity contribution in [2.24, 2.45) is 5.73 Å². The van der Waals surface area contributed by atoms with Gasteiger partial charge in [0, 0.05) is 64.3 Å². The molecule has 1 aliphatic rings. The van der Waals surface area contributed by atoms with E-state index in [0.29, 0.717) is 6.54 Å². The second-order valence-electron chi connectivity index (χ2n) is 10.4. The van der Waals surface area contributed by atoms with Gasteiger partial charge in [-0.25, -0.2) is 0 Å². The molecule has 0 spiro atoms. The highest BCUT2D eigenvalue weighted by Gasteiger charge is 2.17.